The van der Waals surface area contributed by atoms with Crippen LogP contribution in [0.1, 0.15) is 53.4 Å². The predicted octanol–water partition coefficient (Wildman–Crippen LogP) is 5.64. The molecule has 0 aliphatic carbocycles. The van der Waals surface area contributed by atoms with Crippen molar-refractivity contribution in [1.82, 2.24) is 0 Å². The van der Waals surface area contributed by atoms with E-state index in [0.717, 1.165) is 37.2 Å². The Labute approximate surface area is 137 Å². The van der Waals surface area contributed by atoms with Gasteiger partial charge >= 0.3 is 34.6 Å². The van der Waals surface area contributed by atoms with Gasteiger partial charge in [-0.1, -0.05) is 40.5 Å². The Morgan fingerprint density at radius 3 is 0.882 bits per heavy atom. The van der Waals surface area contributed by atoms with E-state index in [2.05, 4.69) is 72.6 Å². The third-order valence-corrected chi connectivity index (χ3v) is 1.22. The molecule has 0 aromatic heterocycles. The summed E-state index contributed by atoms with van der Waals surface area (Å²) in [5.41, 5.74) is 0. The van der Waals surface area contributed by atoms with E-state index in [-0.39, 0.29) is 14.9 Å². The molecule has 0 amide bonds. The zero-order chi connectivity index (χ0) is 14.9. The molecule has 17 heavy (non-hydrogen) atoms. The van der Waals surface area contributed by atoms with Crippen LogP contribution < -0.4 is 0 Å². The average Bonchev–Trinajstić information content (AvgIpc) is 2.32. The van der Waals surface area contributed by atoms with E-state index in [1.54, 1.807) is 0 Å². The topological polar surface area (TPSA) is 0 Å². The van der Waals surface area contributed by atoms with Crippen LogP contribution in [0.3, 0.4) is 0 Å². The molecule has 110 valence electrons. The van der Waals surface area contributed by atoms with Gasteiger partial charge in [-0.05, 0) is 0 Å². The van der Waals surface area contributed by atoms with Gasteiger partial charge in [0.1, 0.15) is 0 Å². The van der Waals surface area contributed by atoms with Crippen molar-refractivity contribution in [2.24, 2.45) is 0 Å². The van der Waals surface area contributed by atoms with Gasteiger partial charge in [-0.25, -0.2) is 0 Å². The van der Waals surface area contributed by atoms with E-state index in [4.69, 9.17) is 0 Å². The summed E-state index contributed by atoms with van der Waals surface area (Å²) in [6, 6.07) is 0. The van der Waals surface area contributed by atoms with Crippen molar-refractivity contribution in [2.45, 2.75) is 53.4 Å². The number of hydrogen-bond donors (Lipinski definition) is 0. The van der Waals surface area contributed by atoms with Crippen LogP contribution in [0, 0.1) is 13.8 Å². The molecule has 0 aromatic rings. The van der Waals surface area contributed by atoms with Crippen LogP contribution in [0.25, 0.3) is 0 Å². The monoisotopic (exact) mass is 398 g/mol. The van der Waals surface area contributed by atoms with Crippen LogP contribution in [0.2, 0.25) is 0 Å². The molecule has 0 heterocycles. The van der Waals surface area contributed by atoms with Crippen molar-refractivity contribution >= 4 is 44.9 Å². The zero-order valence-corrected chi connectivity index (χ0v) is 17.0. The first-order valence-electron chi connectivity index (χ1n) is 5.74. The fraction of sp³-hybridized carbons (Fsp3) is 0.833. The van der Waals surface area contributed by atoms with Gasteiger partial charge in [0.05, 0.1) is 0 Å². The SMILES string of the molecule is CCC[S-].CCC[S-].[CH2-]CC.[CH2-]CC.[S]=[Mo]=[S]. The van der Waals surface area contributed by atoms with E-state index < -0.39 is 0 Å². The average molecular weight is 397 g/mol. The van der Waals surface area contributed by atoms with E-state index in [1.165, 1.54) is 0 Å². The molecule has 5 heteroatoms. The first-order valence-corrected chi connectivity index (χ1v) is 12.5. The van der Waals surface area contributed by atoms with E-state index in [1.807, 2.05) is 13.8 Å². The summed E-state index contributed by atoms with van der Waals surface area (Å²) in [4.78, 5) is 0. The fourth-order valence-electron chi connectivity index (χ4n) is 0. The summed E-state index contributed by atoms with van der Waals surface area (Å²) < 4.78 is 0. The normalized spacial score (nSPS) is 6.35. The van der Waals surface area contributed by atoms with E-state index in [0.29, 0.717) is 0 Å². The maximum absolute atomic E-state index is 4.55. The quantitative estimate of drug-likeness (QED) is 0.336. The molecule has 0 atom stereocenters. The van der Waals surface area contributed by atoms with Crippen molar-refractivity contribution in [2.75, 3.05) is 11.5 Å². The van der Waals surface area contributed by atoms with E-state index in [9.17, 15) is 0 Å². The molecular weight excluding hydrogens is 368 g/mol. The van der Waals surface area contributed by atoms with Crippen molar-refractivity contribution in [3.05, 3.63) is 13.8 Å². The third-order valence-electron chi connectivity index (χ3n) is 0.408. The molecule has 0 aliphatic rings. The zero-order valence-electron chi connectivity index (χ0n) is 11.7. The molecule has 0 bridgehead atoms. The predicted molar refractivity (Wildman–Crippen MR) is 91.5 cm³/mol. The molecule has 0 rings (SSSR count). The fourth-order valence-corrected chi connectivity index (χ4v) is 0. The molecule has 0 unspecified atom stereocenters. The first-order chi connectivity index (χ1) is 8.07. The molecule has 0 spiro atoms. The Bertz CT molecular complexity index is 84.5. The summed E-state index contributed by atoms with van der Waals surface area (Å²) >= 11 is 8.74. The second kappa shape index (κ2) is 64.8. The maximum atomic E-state index is 4.55. The van der Waals surface area contributed by atoms with Gasteiger partial charge in [0, 0.05) is 0 Å². The molecule has 0 saturated heterocycles. The van der Waals surface area contributed by atoms with E-state index >= 15 is 0 Å². The molecule has 0 aliphatic heterocycles. The molecule has 0 nitrogen and oxygen atoms in total. The van der Waals surface area contributed by atoms with Gasteiger partial charge in [0.2, 0.25) is 0 Å². The third kappa shape index (κ3) is 305. The number of rotatable bonds is 2. The number of hydrogen-bond acceptors (Lipinski definition) is 4. The van der Waals surface area contributed by atoms with Crippen molar-refractivity contribution < 1.29 is 14.9 Å². The van der Waals surface area contributed by atoms with Crippen LogP contribution in [0.4, 0.5) is 0 Å². The first kappa shape index (κ1) is 31.3. The Balaban J connectivity index is -0.0000000356. The standard InChI is InChI=1S/2C3H8S.2C3H7.Mo.2S/c2*1-2-3-4;2*1-3-2;;;/h2*4H,2-3H2,1H3;2*1,3H2,2H3;;;/q;;2*-1;;;/p-2. The van der Waals surface area contributed by atoms with Crippen LogP contribution in [-0.2, 0) is 40.2 Å². The molecule has 0 saturated carbocycles. The van der Waals surface area contributed by atoms with Crippen LogP contribution >= 0.6 is 19.6 Å². The molecule has 0 fully saturated rings. The summed E-state index contributed by atoms with van der Waals surface area (Å²) in [6.07, 6.45) is 4.27. The molecule has 0 N–H and O–H groups in total. The molecule has 0 aromatic carbocycles. The van der Waals surface area contributed by atoms with Gasteiger partial charge < -0.3 is 39.1 Å². The van der Waals surface area contributed by atoms with Gasteiger partial charge in [-0.3, -0.25) is 0 Å². The Morgan fingerprint density at radius 1 is 0.824 bits per heavy atom. The summed E-state index contributed by atoms with van der Waals surface area (Å²) in [5.74, 6) is 1.81. The summed E-state index contributed by atoms with van der Waals surface area (Å²) in [6.45, 7) is 15.2. The molecule has 0 radical (unpaired) electrons. The second-order valence-corrected chi connectivity index (χ2v) is 6.85. The van der Waals surface area contributed by atoms with Crippen molar-refractivity contribution in [3.63, 3.8) is 0 Å². The summed E-state index contributed by atoms with van der Waals surface area (Å²) in [7, 11) is 8.68. The minimum absolute atomic E-state index is 0.363. The van der Waals surface area contributed by atoms with Crippen LogP contribution in [0.5, 0.6) is 0 Å². The Kier molecular flexibility index (Phi) is 119. The molecular formula is C12H28MoS4-4. The van der Waals surface area contributed by atoms with Crippen molar-refractivity contribution in [1.29, 1.82) is 0 Å². The van der Waals surface area contributed by atoms with Gasteiger partial charge in [-0.15, -0.1) is 0 Å². The van der Waals surface area contributed by atoms with Crippen LogP contribution in [0.15, 0.2) is 0 Å². The van der Waals surface area contributed by atoms with Crippen molar-refractivity contribution in [3.8, 4) is 0 Å². The van der Waals surface area contributed by atoms with Gasteiger partial charge in [0.25, 0.3) is 0 Å². The Morgan fingerprint density at radius 2 is 0.882 bits per heavy atom. The van der Waals surface area contributed by atoms with Gasteiger partial charge in [0.15, 0.2) is 0 Å². The van der Waals surface area contributed by atoms with Gasteiger partial charge in [-0.2, -0.15) is 24.3 Å². The van der Waals surface area contributed by atoms with Crippen LogP contribution in [-0.4, -0.2) is 11.5 Å². The Hall–Kier alpha value is 1.83. The summed E-state index contributed by atoms with van der Waals surface area (Å²) in [5, 5.41) is 0. The minimum atomic E-state index is -0.363. The second-order valence-electron chi connectivity index (χ2n) is 2.48.